The standard InChI is InChI=1S/C17H20N4O2/c1-19-6-4-15(11-16(19)22)17(23)21-9-7-20(8-10-21)13-14-3-2-5-18-12-14/h2-6,11-12H,7-10,13H2,1H3. The highest BCUT2D eigenvalue weighted by Crippen LogP contribution is 2.10. The van der Waals surface area contributed by atoms with E-state index in [2.05, 4.69) is 16.0 Å². The third kappa shape index (κ3) is 3.65. The summed E-state index contributed by atoms with van der Waals surface area (Å²) in [5.74, 6) is -0.0660. The zero-order chi connectivity index (χ0) is 16.2. The molecule has 1 saturated heterocycles. The second-order valence-corrected chi connectivity index (χ2v) is 5.79. The molecule has 0 atom stereocenters. The van der Waals surface area contributed by atoms with Crippen LogP contribution in [0.3, 0.4) is 0 Å². The van der Waals surface area contributed by atoms with E-state index in [0.29, 0.717) is 18.7 Å². The minimum Gasteiger partial charge on any atom is -0.336 e. The third-order valence-corrected chi connectivity index (χ3v) is 4.14. The highest BCUT2D eigenvalue weighted by Gasteiger charge is 2.22. The van der Waals surface area contributed by atoms with Crippen molar-refractivity contribution in [1.82, 2.24) is 19.4 Å². The number of aryl methyl sites for hydroxylation is 1. The van der Waals surface area contributed by atoms with Gasteiger partial charge in [-0.25, -0.2) is 0 Å². The number of hydrogen-bond acceptors (Lipinski definition) is 4. The van der Waals surface area contributed by atoms with Gasteiger partial charge in [-0.2, -0.15) is 0 Å². The molecule has 0 radical (unpaired) electrons. The van der Waals surface area contributed by atoms with E-state index in [-0.39, 0.29) is 11.5 Å². The van der Waals surface area contributed by atoms with E-state index in [0.717, 1.165) is 19.6 Å². The lowest BCUT2D eigenvalue weighted by Gasteiger charge is -2.34. The highest BCUT2D eigenvalue weighted by molar-refractivity contribution is 5.94. The highest BCUT2D eigenvalue weighted by atomic mass is 16.2. The molecule has 0 bridgehead atoms. The Morgan fingerprint density at radius 3 is 2.65 bits per heavy atom. The number of pyridine rings is 2. The Kier molecular flexibility index (Phi) is 4.52. The van der Waals surface area contributed by atoms with Gasteiger partial charge in [-0.1, -0.05) is 6.07 Å². The Hall–Kier alpha value is -2.47. The minimum atomic E-state index is -0.161. The van der Waals surface area contributed by atoms with Crippen molar-refractivity contribution in [2.75, 3.05) is 26.2 Å². The molecule has 6 heteroatoms. The molecule has 1 fully saturated rings. The van der Waals surface area contributed by atoms with E-state index in [4.69, 9.17) is 0 Å². The normalized spacial score (nSPS) is 15.6. The zero-order valence-electron chi connectivity index (χ0n) is 13.2. The summed E-state index contributed by atoms with van der Waals surface area (Å²) in [6, 6.07) is 7.10. The second-order valence-electron chi connectivity index (χ2n) is 5.79. The summed E-state index contributed by atoms with van der Waals surface area (Å²) in [5.41, 5.74) is 1.48. The first kappa shape index (κ1) is 15.4. The average molecular weight is 312 g/mol. The molecule has 1 amide bonds. The smallest absolute Gasteiger partial charge is 0.254 e. The van der Waals surface area contributed by atoms with Crippen LogP contribution in [0, 0.1) is 0 Å². The maximum atomic E-state index is 12.5. The number of nitrogens with zero attached hydrogens (tertiary/aromatic N) is 4. The van der Waals surface area contributed by atoms with Crippen LogP contribution < -0.4 is 5.56 Å². The molecule has 23 heavy (non-hydrogen) atoms. The Labute approximate surface area is 135 Å². The summed E-state index contributed by atoms with van der Waals surface area (Å²) >= 11 is 0. The van der Waals surface area contributed by atoms with Crippen molar-refractivity contribution in [1.29, 1.82) is 0 Å². The lowest BCUT2D eigenvalue weighted by Crippen LogP contribution is -2.48. The summed E-state index contributed by atoms with van der Waals surface area (Å²) in [6.45, 7) is 3.85. The molecule has 0 aliphatic carbocycles. The van der Waals surface area contributed by atoms with Gasteiger partial charge in [0.25, 0.3) is 11.5 Å². The summed E-state index contributed by atoms with van der Waals surface area (Å²) in [4.78, 5) is 32.4. The van der Waals surface area contributed by atoms with Gasteiger partial charge < -0.3 is 9.47 Å². The van der Waals surface area contributed by atoms with Crippen LogP contribution in [0.1, 0.15) is 15.9 Å². The molecule has 0 N–H and O–H groups in total. The molecule has 3 heterocycles. The van der Waals surface area contributed by atoms with Crippen molar-refractivity contribution in [3.05, 3.63) is 64.3 Å². The van der Waals surface area contributed by atoms with Gasteiger partial charge in [0, 0.05) is 70.0 Å². The number of carbonyl (C=O) groups excluding carboxylic acids is 1. The van der Waals surface area contributed by atoms with Crippen LogP contribution in [-0.2, 0) is 13.6 Å². The largest absolute Gasteiger partial charge is 0.336 e. The molecule has 120 valence electrons. The summed E-state index contributed by atoms with van der Waals surface area (Å²) < 4.78 is 1.46. The molecule has 6 nitrogen and oxygen atoms in total. The van der Waals surface area contributed by atoms with Crippen molar-refractivity contribution in [3.8, 4) is 0 Å². The van der Waals surface area contributed by atoms with Crippen molar-refractivity contribution >= 4 is 5.91 Å². The molecule has 1 aliphatic rings. The minimum absolute atomic E-state index is 0.0660. The number of rotatable bonds is 3. The maximum absolute atomic E-state index is 12.5. The summed E-state index contributed by atoms with van der Waals surface area (Å²) in [7, 11) is 1.67. The monoisotopic (exact) mass is 312 g/mol. The number of piperazine rings is 1. The first-order valence-electron chi connectivity index (χ1n) is 7.71. The van der Waals surface area contributed by atoms with Crippen LogP contribution in [0.5, 0.6) is 0 Å². The lowest BCUT2D eigenvalue weighted by molar-refractivity contribution is 0.0628. The quantitative estimate of drug-likeness (QED) is 0.839. The van der Waals surface area contributed by atoms with Crippen molar-refractivity contribution < 1.29 is 4.79 Å². The lowest BCUT2D eigenvalue weighted by atomic mass is 10.2. The molecule has 0 spiro atoms. The predicted octanol–water partition coefficient (Wildman–Crippen LogP) is 0.738. The van der Waals surface area contributed by atoms with Gasteiger partial charge in [0.2, 0.25) is 0 Å². The Morgan fingerprint density at radius 2 is 2.00 bits per heavy atom. The van der Waals surface area contributed by atoms with Crippen LogP contribution in [0.15, 0.2) is 47.7 Å². The van der Waals surface area contributed by atoms with Gasteiger partial charge in [-0.15, -0.1) is 0 Å². The van der Waals surface area contributed by atoms with E-state index < -0.39 is 0 Å². The average Bonchev–Trinajstić information content (AvgIpc) is 2.58. The molecule has 0 aromatic carbocycles. The van der Waals surface area contributed by atoms with E-state index in [1.807, 2.05) is 17.2 Å². The SMILES string of the molecule is Cn1ccc(C(=O)N2CCN(Cc3cccnc3)CC2)cc1=O. The topological polar surface area (TPSA) is 58.4 Å². The van der Waals surface area contributed by atoms with Gasteiger partial charge in [-0.3, -0.25) is 19.5 Å². The van der Waals surface area contributed by atoms with E-state index >= 15 is 0 Å². The molecule has 1 aliphatic heterocycles. The van der Waals surface area contributed by atoms with Gasteiger partial charge in [0.15, 0.2) is 0 Å². The van der Waals surface area contributed by atoms with Crippen LogP contribution in [-0.4, -0.2) is 51.4 Å². The number of aromatic nitrogens is 2. The van der Waals surface area contributed by atoms with Crippen molar-refractivity contribution in [2.24, 2.45) is 7.05 Å². The molecule has 0 unspecified atom stereocenters. The van der Waals surface area contributed by atoms with Crippen LogP contribution >= 0.6 is 0 Å². The van der Waals surface area contributed by atoms with Gasteiger partial charge in [0.1, 0.15) is 0 Å². The van der Waals surface area contributed by atoms with E-state index in [1.165, 1.54) is 16.2 Å². The fourth-order valence-corrected chi connectivity index (χ4v) is 2.72. The van der Waals surface area contributed by atoms with Gasteiger partial charge in [-0.05, 0) is 17.7 Å². The number of carbonyl (C=O) groups is 1. The predicted molar refractivity (Wildman–Crippen MR) is 87.1 cm³/mol. The summed E-state index contributed by atoms with van der Waals surface area (Å²) in [5, 5.41) is 0. The van der Waals surface area contributed by atoms with E-state index in [1.54, 1.807) is 25.5 Å². The molecular weight excluding hydrogens is 292 g/mol. The number of amides is 1. The van der Waals surface area contributed by atoms with Crippen molar-refractivity contribution in [3.63, 3.8) is 0 Å². The zero-order valence-corrected chi connectivity index (χ0v) is 13.2. The molecule has 3 rings (SSSR count). The number of hydrogen-bond donors (Lipinski definition) is 0. The first-order chi connectivity index (χ1) is 11.1. The van der Waals surface area contributed by atoms with E-state index in [9.17, 15) is 9.59 Å². The summed E-state index contributed by atoms with van der Waals surface area (Å²) in [6.07, 6.45) is 5.27. The van der Waals surface area contributed by atoms with Crippen molar-refractivity contribution in [2.45, 2.75) is 6.54 Å². The van der Waals surface area contributed by atoms with Crippen LogP contribution in [0.4, 0.5) is 0 Å². The molecule has 2 aromatic rings. The first-order valence-corrected chi connectivity index (χ1v) is 7.71. The fourth-order valence-electron chi connectivity index (χ4n) is 2.72. The maximum Gasteiger partial charge on any atom is 0.254 e. The Bertz CT molecular complexity index is 734. The molecular formula is C17H20N4O2. The second kappa shape index (κ2) is 6.75. The Morgan fingerprint density at radius 1 is 1.22 bits per heavy atom. The van der Waals surface area contributed by atoms with Gasteiger partial charge in [0.05, 0.1) is 0 Å². The Balaban J connectivity index is 1.59. The van der Waals surface area contributed by atoms with Crippen LogP contribution in [0.25, 0.3) is 0 Å². The molecule has 2 aromatic heterocycles. The van der Waals surface area contributed by atoms with Crippen LogP contribution in [0.2, 0.25) is 0 Å². The molecule has 0 saturated carbocycles. The fraction of sp³-hybridized carbons (Fsp3) is 0.353. The third-order valence-electron chi connectivity index (χ3n) is 4.14. The van der Waals surface area contributed by atoms with Gasteiger partial charge >= 0.3 is 0 Å².